The van der Waals surface area contributed by atoms with E-state index >= 15 is 0 Å². The molecule has 0 radical (unpaired) electrons. The molecule has 1 amide bonds. The van der Waals surface area contributed by atoms with Gasteiger partial charge in [0.1, 0.15) is 5.82 Å². The number of amides is 1. The van der Waals surface area contributed by atoms with Crippen molar-refractivity contribution in [2.24, 2.45) is 0 Å². The van der Waals surface area contributed by atoms with Crippen molar-refractivity contribution in [2.45, 2.75) is 49.6 Å². The van der Waals surface area contributed by atoms with Crippen LogP contribution in [0.15, 0.2) is 53.4 Å². The minimum atomic E-state index is -3.66. The summed E-state index contributed by atoms with van der Waals surface area (Å²) >= 11 is 0. The van der Waals surface area contributed by atoms with Gasteiger partial charge in [0.15, 0.2) is 0 Å². The quantitative estimate of drug-likeness (QED) is 0.719. The molecule has 0 unspecified atom stereocenters. The van der Waals surface area contributed by atoms with Gasteiger partial charge in [0.2, 0.25) is 10.0 Å². The van der Waals surface area contributed by atoms with Crippen LogP contribution in [0.1, 0.15) is 48.0 Å². The maximum absolute atomic E-state index is 13.1. The zero-order valence-electron chi connectivity index (χ0n) is 18.2. The molecule has 6 nitrogen and oxygen atoms in total. The van der Waals surface area contributed by atoms with E-state index in [0.29, 0.717) is 12.8 Å². The number of carbonyl (C=O) groups excluding carboxylic acids is 1. The van der Waals surface area contributed by atoms with E-state index in [-0.39, 0.29) is 16.8 Å². The van der Waals surface area contributed by atoms with Crippen LogP contribution in [0, 0.1) is 5.82 Å². The zero-order chi connectivity index (χ0) is 22.6. The fourth-order valence-electron chi connectivity index (χ4n) is 4.45. The number of benzene rings is 2. The van der Waals surface area contributed by atoms with E-state index in [1.165, 1.54) is 18.6 Å². The molecule has 2 aromatic carbocycles. The van der Waals surface area contributed by atoms with Gasteiger partial charge in [-0.3, -0.25) is 9.69 Å². The lowest BCUT2D eigenvalue weighted by atomic mass is 10.0. The maximum Gasteiger partial charge on any atom is 0.253 e. The lowest BCUT2D eigenvalue weighted by Crippen LogP contribution is -2.44. The molecule has 2 aromatic rings. The average Bonchev–Trinajstić information content (AvgIpc) is 2.81. The highest BCUT2D eigenvalue weighted by Gasteiger charge is 2.25. The van der Waals surface area contributed by atoms with Crippen LogP contribution in [0.25, 0.3) is 0 Å². The smallest absolute Gasteiger partial charge is 0.253 e. The Bertz CT molecular complexity index is 1030. The molecule has 2 aliphatic rings. The van der Waals surface area contributed by atoms with Crippen molar-refractivity contribution in [1.29, 1.82) is 0 Å². The Morgan fingerprint density at radius 1 is 0.969 bits per heavy atom. The van der Waals surface area contributed by atoms with E-state index in [9.17, 15) is 17.6 Å². The molecule has 0 saturated carbocycles. The highest BCUT2D eigenvalue weighted by Crippen LogP contribution is 2.19. The molecule has 0 atom stereocenters. The van der Waals surface area contributed by atoms with Crippen molar-refractivity contribution in [3.63, 3.8) is 0 Å². The van der Waals surface area contributed by atoms with Crippen LogP contribution in [0.5, 0.6) is 0 Å². The normalized spacial score (nSPS) is 18.6. The summed E-state index contributed by atoms with van der Waals surface area (Å²) in [6, 6.07) is 12.6. The van der Waals surface area contributed by atoms with Crippen molar-refractivity contribution in [3.05, 3.63) is 65.5 Å². The molecule has 2 saturated heterocycles. The van der Waals surface area contributed by atoms with Crippen LogP contribution in [0.3, 0.4) is 0 Å². The van der Waals surface area contributed by atoms with Crippen molar-refractivity contribution >= 4 is 15.9 Å². The van der Waals surface area contributed by atoms with Crippen LogP contribution in [0.4, 0.5) is 4.39 Å². The van der Waals surface area contributed by atoms with E-state index in [1.807, 2.05) is 29.2 Å². The van der Waals surface area contributed by atoms with Crippen molar-refractivity contribution in [2.75, 3.05) is 26.2 Å². The van der Waals surface area contributed by atoms with Crippen LogP contribution in [-0.2, 0) is 16.6 Å². The number of sulfonamides is 1. The predicted molar refractivity (Wildman–Crippen MR) is 121 cm³/mol. The number of hydrogen-bond donors (Lipinski definition) is 1. The van der Waals surface area contributed by atoms with Gasteiger partial charge >= 0.3 is 0 Å². The summed E-state index contributed by atoms with van der Waals surface area (Å²) in [4.78, 5) is 17.1. The Balaban J connectivity index is 1.30. The van der Waals surface area contributed by atoms with Crippen LogP contribution >= 0.6 is 0 Å². The number of carbonyl (C=O) groups is 1. The Kier molecular flexibility index (Phi) is 7.23. The molecule has 2 aliphatic heterocycles. The van der Waals surface area contributed by atoms with Gasteiger partial charge in [-0.05, 0) is 74.1 Å². The SMILES string of the molecule is O=C(c1cccc(CN2CCC(NS(=O)(=O)c3ccc(F)cc3)CC2)c1)N1CCCCC1. The number of nitrogens with one attached hydrogen (secondary N) is 1. The third-order valence-electron chi connectivity index (χ3n) is 6.26. The summed E-state index contributed by atoms with van der Waals surface area (Å²) in [6.45, 7) is 3.94. The second kappa shape index (κ2) is 10.1. The zero-order valence-corrected chi connectivity index (χ0v) is 19.0. The first-order valence-corrected chi connectivity index (χ1v) is 12.8. The van der Waals surface area contributed by atoms with E-state index < -0.39 is 15.8 Å². The van der Waals surface area contributed by atoms with Gasteiger partial charge in [-0.15, -0.1) is 0 Å². The highest BCUT2D eigenvalue weighted by molar-refractivity contribution is 7.89. The number of halogens is 1. The minimum Gasteiger partial charge on any atom is -0.339 e. The van der Waals surface area contributed by atoms with Crippen LogP contribution in [0.2, 0.25) is 0 Å². The standard InChI is InChI=1S/C24H30FN3O3S/c25-21-7-9-23(10-8-21)32(30,31)26-22-11-15-27(16-12-22)18-19-5-4-6-20(17-19)24(29)28-13-2-1-3-14-28/h4-10,17,22,26H,1-3,11-16,18H2. The second-order valence-electron chi connectivity index (χ2n) is 8.68. The maximum atomic E-state index is 13.1. The fourth-order valence-corrected chi connectivity index (χ4v) is 5.76. The summed E-state index contributed by atoms with van der Waals surface area (Å²) < 4.78 is 40.9. The van der Waals surface area contributed by atoms with E-state index in [2.05, 4.69) is 9.62 Å². The monoisotopic (exact) mass is 459 g/mol. The van der Waals surface area contributed by atoms with Gasteiger partial charge in [-0.1, -0.05) is 12.1 Å². The summed E-state index contributed by atoms with van der Waals surface area (Å²) in [5.41, 5.74) is 1.84. The van der Waals surface area contributed by atoms with Crippen molar-refractivity contribution in [3.8, 4) is 0 Å². The number of piperidine rings is 2. The third-order valence-corrected chi connectivity index (χ3v) is 7.79. The summed E-state index contributed by atoms with van der Waals surface area (Å²) in [7, 11) is -3.66. The van der Waals surface area contributed by atoms with E-state index in [0.717, 1.165) is 68.8 Å². The molecule has 8 heteroatoms. The van der Waals surface area contributed by atoms with Gasteiger partial charge < -0.3 is 4.90 Å². The molecule has 1 N–H and O–H groups in total. The lowest BCUT2D eigenvalue weighted by Gasteiger charge is -2.32. The summed E-state index contributed by atoms with van der Waals surface area (Å²) in [5.74, 6) is -0.348. The van der Waals surface area contributed by atoms with Gasteiger partial charge in [-0.25, -0.2) is 17.5 Å². The minimum absolute atomic E-state index is 0.0801. The Morgan fingerprint density at radius 2 is 1.66 bits per heavy atom. The second-order valence-corrected chi connectivity index (χ2v) is 10.4. The lowest BCUT2D eigenvalue weighted by molar-refractivity contribution is 0.0724. The molecule has 4 rings (SSSR count). The van der Waals surface area contributed by atoms with Gasteiger partial charge in [0.25, 0.3) is 5.91 Å². The summed E-state index contributed by atoms with van der Waals surface area (Å²) in [6.07, 6.45) is 4.75. The number of likely N-dealkylation sites (tertiary alicyclic amines) is 2. The molecule has 2 fully saturated rings. The molecule has 0 aromatic heterocycles. The largest absolute Gasteiger partial charge is 0.339 e. The van der Waals surface area contributed by atoms with Crippen LogP contribution < -0.4 is 4.72 Å². The van der Waals surface area contributed by atoms with E-state index in [1.54, 1.807) is 0 Å². The Morgan fingerprint density at radius 3 is 2.34 bits per heavy atom. The number of nitrogens with zero attached hydrogens (tertiary/aromatic N) is 2. The van der Waals surface area contributed by atoms with Crippen molar-refractivity contribution in [1.82, 2.24) is 14.5 Å². The van der Waals surface area contributed by atoms with Gasteiger partial charge in [0, 0.05) is 44.3 Å². The number of hydrogen-bond acceptors (Lipinski definition) is 4. The topological polar surface area (TPSA) is 69.7 Å². The predicted octanol–water partition coefficient (Wildman–Crippen LogP) is 3.39. The molecule has 172 valence electrons. The molecule has 2 heterocycles. The van der Waals surface area contributed by atoms with E-state index in [4.69, 9.17) is 0 Å². The first-order chi connectivity index (χ1) is 15.4. The first-order valence-electron chi connectivity index (χ1n) is 11.3. The molecular weight excluding hydrogens is 429 g/mol. The molecule has 0 spiro atoms. The van der Waals surface area contributed by atoms with Gasteiger partial charge in [0.05, 0.1) is 4.90 Å². The number of rotatable bonds is 6. The highest BCUT2D eigenvalue weighted by atomic mass is 32.2. The first kappa shape index (κ1) is 22.9. The fraction of sp³-hybridized carbons (Fsp3) is 0.458. The molecule has 0 aliphatic carbocycles. The van der Waals surface area contributed by atoms with Crippen LogP contribution in [-0.4, -0.2) is 56.3 Å². The molecule has 0 bridgehead atoms. The third kappa shape index (κ3) is 5.74. The Hall–Kier alpha value is -2.29. The molecule has 32 heavy (non-hydrogen) atoms. The van der Waals surface area contributed by atoms with Crippen molar-refractivity contribution < 1.29 is 17.6 Å². The molecular formula is C24H30FN3O3S. The summed E-state index contributed by atoms with van der Waals surface area (Å²) in [5, 5.41) is 0. The van der Waals surface area contributed by atoms with Gasteiger partial charge in [-0.2, -0.15) is 0 Å². The average molecular weight is 460 g/mol. The Labute approximate surface area is 189 Å².